The molecule has 0 saturated carbocycles. The number of rotatable bonds is 3. The smallest absolute Gasteiger partial charge is 0.188 e. The number of aromatic nitrogens is 1. The van der Waals surface area contributed by atoms with Gasteiger partial charge in [0.2, 0.25) is 0 Å². The van der Waals surface area contributed by atoms with Crippen LogP contribution in [0.25, 0.3) is 0 Å². The maximum atomic E-state index is 11.2. The molecular weight excluding hydrogens is 160 g/mol. The van der Waals surface area contributed by atoms with Crippen molar-refractivity contribution in [1.82, 2.24) is 10.3 Å². The molecule has 1 aromatic heterocycles. The summed E-state index contributed by atoms with van der Waals surface area (Å²) in [5.41, 5.74) is 2.52. The van der Waals surface area contributed by atoms with Crippen LogP contribution in [0.5, 0.6) is 0 Å². The molecule has 0 unspecified atom stereocenters. The lowest BCUT2D eigenvalue weighted by Crippen LogP contribution is -2.18. The van der Waals surface area contributed by atoms with Crippen molar-refractivity contribution in [3.05, 3.63) is 16.1 Å². The fraction of sp³-hybridized carbons (Fsp3) is 0.429. The number of ketones is 1. The molecule has 4 heteroatoms. The van der Waals surface area contributed by atoms with E-state index in [4.69, 9.17) is 0 Å². The van der Waals surface area contributed by atoms with Crippen molar-refractivity contribution >= 4 is 17.1 Å². The fourth-order valence-electron chi connectivity index (χ4n) is 0.810. The number of carbonyl (C=O) groups is 1. The number of nitrogens with zero attached hydrogens (tertiary/aromatic N) is 1. The van der Waals surface area contributed by atoms with E-state index in [1.807, 2.05) is 6.92 Å². The van der Waals surface area contributed by atoms with E-state index in [9.17, 15) is 4.79 Å². The minimum Gasteiger partial charge on any atom is -0.313 e. The highest BCUT2D eigenvalue weighted by Crippen LogP contribution is 2.11. The zero-order valence-electron chi connectivity index (χ0n) is 6.55. The largest absolute Gasteiger partial charge is 0.313 e. The number of Topliss-reactive ketones (excluding diaryl/α,β-unsaturated/α-hetero) is 1. The summed E-state index contributed by atoms with van der Waals surface area (Å²) in [6.07, 6.45) is 0. The third-order valence-electron chi connectivity index (χ3n) is 1.34. The zero-order valence-corrected chi connectivity index (χ0v) is 7.36. The first-order chi connectivity index (χ1) is 5.25. The highest BCUT2D eigenvalue weighted by atomic mass is 32.1. The molecule has 0 aliphatic rings. The molecule has 0 radical (unpaired) electrons. The summed E-state index contributed by atoms with van der Waals surface area (Å²) in [7, 11) is 1.76. The lowest BCUT2D eigenvalue weighted by molar-refractivity contribution is 0.0996. The van der Waals surface area contributed by atoms with Gasteiger partial charge in [0.1, 0.15) is 0 Å². The third kappa shape index (κ3) is 1.85. The molecule has 0 bridgehead atoms. The van der Waals surface area contributed by atoms with Gasteiger partial charge in [-0.2, -0.15) is 0 Å². The van der Waals surface area contributed by atoms with Gasteiger partial charge in [0.15, 0.2) is 5.78 Å². The molecule has 1 aromatic rings. The van der Waals surface area contributed by atoms with Crippen molar-refractivity contribution in [2.24, 2.45) is 0 Å². The van der Waals surface area contributed by atoms with E-state index >= 15 is 0 Å². The van der Waals surface area contributed by atoms with Gasteiger partial charge < -0.3 is 5.32 Å². The summed E-state index contributed by atoms with van der Waals surface area (Å²) >= 11 is 1.40. The van der Waals surface area contributed by atoms with Gasteiger partial charge >= 0.3 is 0 Å². The summed E-state index contributed by atoms with van der Waals surface area (Å²) in [6.45, 7) is 2.24. The van der Waals surface area contributed by atoms with E-state index < -0.39 is 0 Å². The molecule has 11 heavy (non-hydrogen) atoms. The standard InChI is InChI=1S/C7H10N2OS/c1-5-7(11-4-9-5)6(10)3-8-2/h4,8H,3H2,1-2H3. The Morgan fingerprint density at radius 1 is 1.82 bits per heavy atom. The van der Waals surface area contributed by atoms with E-state index in [1.165, 1.54) is 11.3 Å². The van der Waals surface area contributed by atoms with Crippen molar-refractivity contribution in [2.45, 2.75) is 6.92 Å². The number of carbonyl (C=O) groups excluding carboxylic acids is 1. The molecule has 1 rings (SSSR count). The minimum absolute atomic E-state index is 0.118. The van der Waals surface area contributed by atoms with E-state index in [2.05, 4.69) is 10.3 Å². The number of hydrogen-bond donors (Lipinski definition) is 1. The Balaban J connectivity index is 2.76. The van der Waals surface area contributed by atoms with Gasteiger partial charge in [-0.05, 0) is 14.0 Å². The van der Waals surface area contributed by atoms with Crippen LogP contribution in [0.3, 0.4) is 0 Å². The fourth-order valence-corrected chi connectivity index (χ4v) is 1.55. The molecule has 0 aromatic carbocycles. The first-order valence-electron chi connectivity index (χ1n) is 3.33. The SMILES string of the molecule is CNCC(=O)c1scnc1C. The van der Waals surface area contributed by atoms with Crippen LogP contribution in [0.1, 0.15) is 15.4 Å². The molecule has 0 aliphatic heterocycles. The Morgan fingerprint density at radius 3 is 3.00 bits per heavy atom. The van der Waals surface area contributed by atoms with Crippen LogP contribution in [-0.4, -0.2) is 24.4 Å². The molecule has 0 amide bonds. The lowest BCUT2D eigenvalue weighted by atomic mass is 10.3. The van der Waals surface area contributed by atoms with Gasteiger partial charge in [0, 0.05) is 0 Å². The molecular formula is C7H10N2OS. The predicted molar refractivity (Wildman–Crippen MR) is 45.1 cm³/mol. The predicted octanol–water partition coefficient (Wildman–Crippen LogP) is 0.854. The minimum atomic E-state index is 0.118. The average Bonchev–Trinajstić information content (AvgIpc) is 2.36. The van der Waals surface area contributed by atoms with Crippen molar-refractivity contribution in [1.29, 1.82) is 0 Å². The van der Waals surface area contributed by atoms with Crippen LogP contribution >= 0.6 is 11.3 Å². The summed E-state index contributed by atoms with van der Waals surface area (Å²) < 4.78 is 0. The van der Waals surface area contributed by atoms with Gasteiger partial charge in [-0.3, -0.25) is 4.79 Å². The molecule has 3 nitrogen and oxygen atoms in total. The third-order valence-corrected chi connectivity index (χ3v) is 2.31. The second-order valence-corrected chi connectivity index (χ2v) is 3.08. The van der Waals surface area contributed by atoms with Crippen LogP contribution in [0.15, 0.2) is 5.51 Å². The first-order valence-corrected chi connectivity index (χ1v) is 4.21. The van der Waals surface area contributed by atoms with Gasteiger partial charge in [-0.25, -0.2) is 4.98 Å². The average molecular weight is 170 g/mol. The molecule has 60 valence electrons. The number of thiazole rings is 1. The van der Waals surface area contributed by atoms with Crippen LogP contribution in [0, 0.1) is 6.92 Å². The Kier molecular flexibility index (Phi) is 2.73. The number of nitrogens with one attached hydrogen (secondary N) is 1. The Labute approximate surface area is 69.5 Å². The number of aryl methyl sites for hydroxylation is 1. The molecule has 0 spiro atoms. The second-order valence-electron chi connectivity index (χ2n) is 2.22. The van der Waals surface area contributed by atoms with Gasteiger partial charge in [0.05, 0.1) is 22.6 Å². The van der Waals surface area contributed by atoms with Crippen LogP contribution < -0.4 is 5.32 Å². The lowest BCUT2D eigenvalue weighted by Gasteiger charge is -1.95. The van der Waals surface area contributed by atoms with Crippen LogP contribution in [-0.2, 0) is 0 Å². The van der Waals surface area contributed by atoms with Crippen molar-refractivity contribution in [2.75, 3.05) is 13.6 Å². The first kappa shape index (κ1) is 8.36. The van der Waals surface area contributed by atoms with Crippen LogP contribution in [0.4, 0.5) is 0 Å². The van der Waals surface area contributed by atoms with E-state index in [1.54, 1.807) is 12.6 Å². The maximum absolute atomic E-state index is 11.2. The summed E-state index contributed by atoms with van der Waals surface area (Å²) in [6, 6.07) is 0. The van der Waals surface area contributed by atoms with Crippen molar-refractivity contribution in [3.63, 3.8) is 0 Å². The topological polar surface area (TPSA) is 42.0 Å². The molecule has 0 atom stereocenters. The molecule has 0 saturated heterocycles. The Morgan fingerprint density at radius 2 is 2.55 bits per heavy atom. The van der Waals surface area contributed by atoms with Gasteiger partial charge in [-0.15, -0.1) is 11.3 Å². The summed E-state index contributed by atoms with van der Waals surface area (Å²) in [4.78, 5) is 16.0. The molecule has 1 heterocycles. The normalized spacial score (nSPS) is 10.0. The van der Waals surface area contributed by atoms with E-state index in [0.29, 0.717) is 6.54 Å². The quantitative estimate of drug-likeness (QED) is 0.684. The highest BCUT2D eigenvalue weighted by molar-refractivity contribution is 7.12. The van der Waals surface area contributed by atoms with Crippen molar-refractivity contribution < 1.29 is 4.79 Å². The molecule has 1 N–H and O–H groups in total. The second kappa shape index (κ2) is 3.59. The summed E-state index contributed by atoms with van der Waals surface area (Å²) in [5, 5.41) is 2.81. The zero-order chi connectivity index (χ0) is 8.27. The maximum Gasteiger partial charge on any atom is 0.188 e. The molecule has 0 aliphatic carbocycles. The molecule has 0 fully saturated rings. The van der Waals surface area contributed by atoms with E-state index in [0.717, 1.165) is 10.6 Å². The van der Waals surface area contributed by atoms with Crippen LogP contribution in [0.2, 0.25) is 0 Å². The monoisotopic (exact) mass is 170 g/mol. The van der Waals surface area contributed by atoms with E-state index in [-0.39, 0.29) is 5.78 Å². The number of hydrogen-bond acceptors (Lipinski definition) is 4. The number of likely N-dealkylation sites (N-methyl/N-ethyl adjacent to an activating group) is 1. The van der Waals surface area contributed by atoms with Gasteiger partial charge in [-0.1, -0.05) is 0 Å². The Bertz CT molecular complexity index is 257. The van der Waals surface area contributed by atoms with Gasteiger partial charge in [0.25, 0.3) is 0 Å². The summed E-state index contributed by atoms with van der Waals surface area (Å²) in [5.74, 6) is 0.118. The highest BCUT2D eigenvalue weighted by Gasteiger charge is 2.09. The van der Waals surface area contributed by atoms with Crippen molar-refractivity contribution in [3.8, 4) is 0 Å². The Hall–Kier alpha value is -0.740.